The third kappa shape index (κ3) is 5.91. The number of benzene rings is 2. The lowest BCUT2D eigenvalue weighted by atomic mass is 10.0. The van der Waals surface area contributed by atoms with Crippen molar-refractivity contribution in [1.82, 2.24) is 10.2 Å². The van der Waals surface area contributed by atoms with Crippen LogP contribution in [0, 0.1) is 6.92 Å². The fourth-order valence-electron chi connectivity index (χ4n) is 2.62. The molecule has 0 aliphatic rings. The van der Waals surface area contributed by atoms with E-state index in [1.807, 2.05) is 38.4 Å². The molecule has 2 aromatic carbocycles. The smallest absolute Gasteiger partial charge is 0.258 e. The number of nitrogens with zero attached hydrogens (tertiary/aromatic N) is 1. The molecule has 1 amide bonds. The molecular weight excluding hydrogens is 312 g/mol. The topological polar surface area (TPSA) is 41.6 Å². The molecule has 1 unspecified atom stereocenters. The Morgan fingerprint density at radius 3 is 2.28 bits per heavy atom. The molecule has 0 aromatic heterocycles. The van der Waals surface area contributed by atoms with Crippen molar-refractivity contribution >= 4 is 5.91 Å². The molecule has 0 aliphatic carbocycles. The highest BCUT2D eigenvalue weighted by molar-refractivity contribution is 5.77. The van der Waals surface area contributed by atoms with Gasteiger partial charge in [-0.25, -0.2) is 0 Å². The number of amides is 1. The SMILES string of the molecule is CCc1ccc(OCC(=O)NCC(c2ccc(C)cc2)N(C)C)cc1. The average Bonchev–Trinajstić information content (AvgIpc) is 2.61. The number of likely N-dealkylation sites (N-methyl/N-ethyl adjacent to an activating group) is 1. The highest BCUT2D eigenvalue weighted by Gasteiger charge is 2.15. The second-order valence-corrected chi connectivity index (χ2v) is 6.48. The van der Waals surface area contributed by atoms with Crippen LogP contribution < -0.4 is 10.1 Å². The number of aryl methyl sites for hydroxylation is 2. The maximum absolute atomic E-state index is 12.1. The number of rotatable bonds is 8. The summed E-state index contributed by atoms with van der Waals surface area (Å²) in [5.74, 6) is 0.605. The molecule has 0 aliphatic heterocycles. The first kappa shape index (κ1) is 19.0. The minimum atomic E-state index is -0.112. The Morgan fingerprint density at radius 1 is 1.08 bits per heavy atom. The highest BCUT2D eigenvalue weighted by Crippen LogP contribution is 2.18. The minimum Gasteiger partial charge on any atom is -0.484 e. The number of hydrogen-bond donors (Lipinski definition) is 1. The van der Waals surface area contributed by atoms with Crippen molar-refractivity contribution in [2.45, 2.75) is 26.3 Å². The number of carbonyl (C=O) groups excluding carboxylic acids is 1. The van der Waals surface area contributed by atoms with Gasteiger partial charge in [0, 0.05) is 6.54 Å². The summed E-state index contributed by atoms with van der Waals surface area (Å²) in [6.45, 7) is 4.76. The van der Waals surface area contributed by atoms with Crippen LogP contribution >= 0.6 is 0 Å². The summed E-state index contributed by atoms with van der Waals surface area (Å²) in [4.78, 5) is 14.2. The van der Waals surface area contributed by atoms with Gasteiger partial charge < -0.3 is 15.0 Å². The van der Waals surface area contributed by atoms with Crippen LogP contribution in [0.3, 0.4) is 0 Å². The molecule has 0 radical (unpaired) electrons. The van der Waals surface area contributed by atoms with Gasteiger partial charge in [-0.3, -0.25) is 4.79 Å². The Kier molecular flexibility index (Phi) is 7.02. The van der Waals surface area contributed by atoms with E-state index in [2.05, 4.69) is 48.3 Å². The minimum absolute atomic E-state index is 0.0273. The summed E-state index contributed by atoms with van der Waals surface area (Å²) in [5.41, 5.74) is 3.67. The van der Waals surface area contributed by atoms with Gasteiger partial charge in [0.1, 0.15) is 5.75 Å². The second-order valence-electron chi connectivity index (χ2n) is 6.48. The van der Waals surface area contributed by atoms with Crippen molar-refractivity contribution in [2.24, 2.45) is 0 Å². The molecule has 0 bridgehead atoms. The first-order chi connectivity index (χ1) is 12.0. The zero-order chi connectivity index (χ0) is 18.2. The van der Waals surface area contributed by atoms with Gasteiger partial charge in [0.15, 0.2) is 6.61 Å². The fourth-order valence-corrected chi connectivity index (χ4v) is 2.62. The molecule has 0 saturated heterocycles. The summed E-state index contributed by atoms with van der Waals surface area (Å²) in [5, 5.41) is 2.96. The first-order valence-corrected chi connectivity index (χ1v) is 8.71. The Labute approximate surface area is 150 Å². The van der Waals surface area contributed by atoms with E-state index in [1.165, 1.54) is 16.7 Å². The molecule has 25 heavy (non-hydrogen) atoms. The Balaban J connectivity index is 1.85. The van der Waals surface area contributed by atoms with Crippen LogP contribution in [0.5, 0.6) is 5.75 Å². The van der Waals surface area contributed by atoms with E-state index >= 15 is 0 Å². The van der Waals surface area contributed by atoms with Crippen LogP contribution in [0.4, 0.5) is 0 Å². The monoisotopic (exact) mass is 340 g/mol. The lowest BCUT2D eigenvalue weighted by Gasteiger charge is -2.25. The Morgan fingerprint density at radius 2 is 1.72 bits per heavy atom. The van der Waals surface area contributed by atoms with Crippen LogP contribution in [-0.2, 0) is 11.2 Å². The van der Waals surface area contributed by atoms with Gasteiger partial charge in [0.25, 0.3) is 5.91 Å². The van der Waals surface area contributed by atoms with E-state index < -0.39 is 0 Å². The number of hydrogen-bond acceptors (Lipinski definition) is 3. The molecular formula is C21H28N2O2. The lowest BCUT2D eigenvalue weighted by molar-refractivity contribution is -0.123. The molecule has 4 nitrogen and oxygen atoms in total. The summed E-state index contributed by atoms with van der Waals surface area (Å²) < 4.78 is 5.56. The van der Waals surface area contributed by atoms with Crippen LogP contribution in [0.1, 0.15) is 29.7 Å². The van der Waals surface area contributed by atoms with Gasteiger partial charge in [-0.2, -0.15) is 0 Å². The standard InChI is InChI=1S/C21H28N2O2/c1-5-17-8-12-19(13-9-17)25-15-21(24)22-14-20(23(3)4)18-10-6-16(2)7-11-18/h6-13,20H,5,14-15H2,1-4H3,(H,22,24). The van der Waals surface area contributed by atoms with Gasteiger partial charge in [-0.05, 0) is 50.7 Å². The summed E-state index contributed by atoms with van der Waals surface area (Å²) >= 11 is 0. The Bertz CT molecular complexity index is 663. The molecule has 0 fully saturated rings. The van der Waals surface area contributed by atoms with E-state index in [1.54, 1.807) is 0 Å². The quantitative estimate of drug-likeness (QED) is 0.801. The molecule has 2 rings (SSSR count). The van der Waals surface area contributed by atoms with Gasteiger partial charge >= 0.3 is 0 Å². The van der Waals surface area contributed by atoms with Gasteiger partial charge in [-0.1, -0.05) is 48.9 Å². The van der Waals surface area contributed by atoms with Crippen LogP contribution in [0.25, 0.3) is 0 Å². The predicted octanol–water partition coefficient (Wildman–Crippen LogP) is 3.36. The zero-order valence-electron chi connectivity index (χ0n) is 15.6. The maximum Gasteiger partial charge on any atom is 0.258 e. The number of ether oxygens (including phenoxy) is 1. The largest absolute Gasteiger partial charge is 0.484 e. The third-order valence-electron chi connectivity index (χ3n) is 4.28. The summed E-state index contributed by atoms with van der Waals surface area (Å²) in [7, 11) is 4.03. The number of carbonyl (C=O) groups is 1. The summed E-state index contributed by atoms with van der Waals surface area (Å²) in [6, 6.07) is 16.4. The fraction of sp³-hybridized carbons (Fsp3) is 0.381. The van der Waals surface area contributed by atoms with Crippen LogP contribution in [0.15, 0.2) is 48.5 Å². The van der Waals surface area contributed by atoms with Gasteiger partial charge in [0.05, 0.1) is 6.04 Å². The maximum atomic E-state index is 12.1. The molecule has 1 atom stereocenters. The van der Waals surface area contributed by atoms with E-state index in [0.717, 1.165) is 12.2 Å². The number of nitrogens with one attached hydrogen (secondary N) is 1. The first-order valence-electron chi connectivity index (χ1n) is 8.71. The van der Waals surface area contributed by atoms with E-state index in [0.29, 0.717) is 6.54 Å². The normalized spacial score (nSPS) is 12.0. The predicted molar refractivity (Wildman–Crippen MR) is 102 cm³/mol. The van der Waals surface area contributed by atoms with Crippen molar-refractivity contribution in [3.05, 3.63) is 65.2 Å². The molecule has 1 N–H and O–H groups in total. The van der Waals surface area contributed by atoms with Crippen LogP contribution in [-0.4, -0.2) is 38.1 Å². The molecule has 4 heteroatoms. The summed E-state index contributed by atoms with van der Waals surface area (Å²) in [6.07, 6.45) is 0.992. The average molecular weight is 340 g/mol. The van der Waals surface area contributed by atoms with Gasteiger partial charge in [0.2, 0.25) is 0 Å². The van der Waals surface area contributed by atoms with Crippen LogP contribution in [0.2, 0.25) is 0 Å². The lowest BCUT2D eigenvalue weighted by Crippen LogP contribution is -2.36. The van der Waals surface area contributed by atoms with Gasteiger partial charge in [-0.15, -0.1) is 0 Å². The van der Waals surface area contributed by atoms with E-state index in [4.69, 9.17) is 4.74 Å². The van der Waals surface area contributed by atoms with Crippen molar-refractivity contribution in [3.63, 3.8) is 0 Å². The van der Waals surface area contributed by atoms with Crippen molar-refractivity contribution in [1.29, 1.82) is 0 Å². The molecule has 0 spiro atoms. The third-order valence-corrected chi connectivity index (χ3v) is 4.28. The molecule has 2 aromatic rings. The molecule has 134 valence electrons. The van der Waals surface area contributed by atoms with E-state index in [9.17, 15) is 4.79 Å². The highest BCUT2D eigenvalue weighted by atomic mass is 16.5. The van der Waals surface area contributed by atoms with Crippen molar-refractivity contribution in [3.8, 4) is 5.75 Å². The molecule has 0 saturated carbocycles. The molecule has 0 heterocycles. The van der Waals surface area contributed by atoms with E-state index in [-0.39, 0.29) is 18.6 Å². The Hall–Kier alpha value is -2.33. The van der Waals surface area contributed by atoms with Crippen molar-refractivity contribution < 1.29 is 9.53 Å². The zero-order valence-corrected chi connectivity index (χ0v) is 15.6. The van der Waals surface area contributed by atoms with Crippen molar-refractivity contribution in [2.75, 3.05) is 27.2 Å². The second kappa shape index (κ2) is 9.23.